The van der Waals surface area contributed by atoms with E-state index in [4.69, 9.17) is 11.6 Å². The second-order valence-corrected chi connectivity index (χ2v) is 9.07. The van der Waals surface area contributed by atoms with Gasteiger partial charge in [-0.25, -0.2) is 18.4 Å². The van der Waals surface area contributed by atoms with E-state index in [0.29, 0.717) is 23.1 Å². The van der Waals surface area contributed by atoms with Crippen LogP contribution in [0.4, 0.5) is 11.6 Å². The third kappa shape index (κ3) is 4.31. The van der Waals surface area contributed by atoms with Crippen molar-refractivity contribution in [3.05, 3.63) is 46.2 Å². The normalized spacial score (nSPS) is 18.5. The van der Waals surface area contributed by atoms with Crippen LogP contribution < -0.4 is 10.6 Å². The van der Waals surface area contributed by atoms with Gasteiger partial charge < -0.3 is 10.6 Å². The molecule has 1 aliphatic rings. The minimum Gasteiger partial charge on any atom is -0.348 e. The monoisotopic (exact) mass is 394 g/mol. The van der Waals surface area contributed by atoms with Gasteiger partial charge in [-0.1, -0.05) is 17.7 Å². The summed E-state index contributed by atoms with van der Waals surface area (Å²) in [6, 6.07) is 3.47. The lowest BCUT2D eigenvalue weighted by atomic mass is 10.1. The molecule has 0 bridgehead atoms. The van der Waals surface area contributed by atoms with Crippen LogP contribution in [-0.4, -0.2) is 41.8 Å². The first-order valence-corrected chi connectivity index (χ1v) is 10.3. The van der Waals surface area contributed by atoms with Gasteiger partial charge in [-0.2, -0.15) is 0 Å². The number of rotatable bonds is 4. The Hall–Kier alpha value is -2.19. The Morgan fingerprint density at radius 1 is 1.23 bits per heavy atom. The minimum absolute atomic E-state index is 0.0234. The zero-order valence-corrected chi connectivity index (χ0v) is 16.0. The van der Waals surface area contributed by atoms with E-state index in [1.165, 1.54) is 12.4 Å². The molecule has 1 atom stereocenters. The standard InChI is InChI=1S/C17H19ClN4O3S/c1-10-5-11(2)15(14(18)6-10)22-17-19-7-12(8-20-17)16(23)21-13-3-4-26(24,25)9-13/h5-8,13H,3-4,9H2,1-2H3,(H,21,23)(H,19,20,22). The summed E-state index contributed by atoms with van der Waals surface area (Å²) < 4.78 is 22.9. The van der Waals surface area contributed by atoms with Gasteiger partial charge in [0.25, 0.3) is 5.91 Å². The number of carbonyl (C=O) groups excluding carboxylic acids is 1. The number of amides is 1. The number of nitrogens with one attached hydrogen (secondary N) is 2. The van der Waals surface area contributed by atoms with Crippen LogP contribution in [0.25, 0.3) is 0 Å². The summed E-state index contributed by atoms with van der Waals surface area (Å²) in [5.74, 6) is 0.0142. The third-order valence-corrected chi connectivity index (χ3v) is 6.22. The molecule has 3 rings (SSSR count). The van der Waals surface area contributed by atoms with Crippen LogP contribution in [0.3, 0.4) is 0 Å². The van der Waals surface area contributed by atoms with Crippen LogP contribution in [-0.2, 0) is 9.84 Å². The second-order valence-electron chi connectivity index (χ2n) is 6.43. The largest absolute Gasteiger partial charge is 0.348 e. The molecule has 26 heavy (non-hydrogen) atoms. The van der Waals surface area contributed by atoms with Gasteiger partial charge in [0.05, 0.1) is 27.8 Å². The molecule has 1 aromatic carbocycles. The van der Waals surface area contributed by atoms with Crippen LogP contribution in [0.15, 0.2) is 24.5 Å². The number of sulfone groups is 1. The van der Waals surface area contributed by atoms with Crippen molar-refractivity contribution in [1.82, 2.24) is 15.3 Å². The van der Waals surface area contributed by atoms with Crippen LogP contribution in [0, 0.1) is 13.8 Å². The van der Waals surface area contributed by atoms with Crippen LogP contribution >= 0.6 is 11.6 Å². The maximum Gasteiger partial charge on any atom is 0.254 e. The Bertz CT molecular complexity index is 922. The SMILES string of the molecule is Cc1cc(C)c(Nc2ncc(C(=O)NC3CCS(=O)(=O)C3)cn2)c(Cl)c1. The van der Waals surface area contributed by atoms with Crippen molar-refractivity contribution in [3.63, 3.8) is 0 Å². The summed E-state index contributed by atoms with van der Waals surface area (Å²) in [4.78, 5) is 20.5. The van der Waals surface area contributed by atoms with E-state index in [1.54, 1.807) is 0 Å². The molecule has 1 fully saturated rings. The zero-order valence-electron chi connectivity index (χ0n) is 14.4. The summed E-state index contributed by atoms with van der Waals surface area (Å²) >= 11 is 6.25. The highest BCUT2D eigenvalue weighted by Crippen LogP contribution is 2.29. The smallest absolute Gasteiger partial charge is 0.254 e. The molecule has 1 aromatic heterocycles. The highest BCUT2D eigenvalue weighted by molar-refractivity contribution is 7.91. The Kier molecular flexibility index (Phi) is 5.15. The lowest BCUT2D eigenvalue weighted by Gasteiger charge is -2.12. The van der Waals surface area contributed by atoms with Gasteiger partial charge >= 0.3 is 0 Å². The Labute approximate surface area is 157 Å². The molecule has 2 heterocycles. The summed E-state index contributed by atoms with van der Waals surface area (Å²) in [5.41, 5.74) is 3.00. The van der Waals surface area contributed by atoms with E-state index < -0.39 is 9.84 Å². The predicted octanol–water partition coefficient (Wildman–Crippen LogP) is 2.41. The van der Waals surface area contributed by atoms with E-state index in [-0.39, 0.29) is 29.0 Å². The number of aromatic nitrogens is 2. The first kappa shape index (κ1) is 18.6. The highest BCUT2D eigenvalue weighted by Gasteiger charge is 2.29. The van der Waals surface area contributed by atoms with Gasteiger partial charge in [-0.15, -0.1) is 0 Å². The summed E-state index contributed by atoms with van der Waals surface area (Å²) in [6.45, 7) is 3.89. The van der Waals surface area contributed by atoms with Gasteiger partial charge in [-0.05, 0) is 37.5 Å². The molecule has 2 N–H and O–H groups in total. The number of hydrogen-bond acceptors (Lipinski definition) is 6. The number of nitrogens with zero attached hydrogens (tertiary/aromatic N) is 2. The number of anilines is 2. The fourth-order valence-corrected chi connectivity index (χ4v) is 4.92. The number of aryl methyl sites for hydroxylation is 2. The molecule has 0 spiro atoms. The molecule has 138 valence electrons. The Morgan fingerprint density at radius 3 is 2.50 bits per heavy atom. The van der Waals surface area contributed by atoms with Crippen molar-refractivity contribution >= 4 is 39.0 Å². The predicted molar refractivity (Wildman–Crippen MR) is 101 cm³/mol. The summed E-state index contributed by atoms with van der Waals surface area (Å²) in [6.07, 6.45) is 3.22. The molecule has 2 aromatic rings. The fourth-order valence-electron chi connectivity index (χ4n) is 2.87. The van der Waals surface area contributed by atoms with Crippen LogP contribution in [0.2, 0.25) is 5.02 Å². The average Bonchev–Trinajstić information content (AvgIpc) is 2.90. The van der Waals surface area contributed by atoms with Crippen molar-refractivity contribution in [1.29, 1.82) is 0 Å². The zero-order chi connectivity index (χ0) is 18.9. The summed E-state index contributed by atoms with van der Waals surface area (Å²) in [5, 5.41) is 6.32. The molecule has 9 heteroatoms. The van der Waals surface area contributed by atoms with E-state index in [0.717, 1.165) is 11.1 Å². The molecular formula is C17H19ClN4O3S. The van der Waals surface area contributed by atoms with Crippen LogP contribution in [0.1, 0.15) is 27.9 Å². The van der Waals surface area contributed by atoms with Crippen molar-refractivity contribution in [3.8, 4) is 0 Å². The number of carbonyl (C=O) groups is 1. The van der Waals surface area contributed by atoms with Gasteiger partial charge in [0, 0.05) is 18.4 Å². The third-order valence-electron chi connectivity index (χ3n) is 4.15. The van der Waals surface area contributed by atoms with Gasteiger partial charge in [0.15, 0.2) is 9.84 Å². The topological polar surface area (TPSA) is 101 Å². The van der Waals surface area contributed by atoms with Crippen molar-refractivity contribution in [2.45, 2.75) is 26.3 Å². The van der Waals surface area contributed by atoms with E-state index in [1.807, 2.05) is 26.0 Å². The summed E-state index contributed by atoms with van der Waals surface area (Å²) in [7, 11) is -3.04. The van der Waals surface area contributed by atoms with E-state index in [9.17, 15) is 13.2 Å². The number of hydrogen-bond donors (Lipinski definition) is 2. The molecule has 0 aliphatic carbocycles. The minimum atomic E-state index is -3.04. The lowest BCUT2D eigenvalue weighted by Crippen LogP contribution is -2.35. The molecule has 1 aliphatic heterocycles. The molecule has 0 radical (unpaired) electrons. The van der Waals surface area contributed by atoms with Crippen LogP contribution in [0.5, 0.6) is 0 Å². The van der Waals surface area contributed by atoms with E-state index in [2.05, 4.69) is 20.6 Å². The Morgan fingerprint density at radius 2 is 1.92 bits per heavy atom. The molecular weight excluding hydrogens is 376 g/mol. The fraction of sp³-hybridized carbons (Fsp3) is 0.353. The van der Waals surface area contributed by atoms with Crippen molar-refractivity contribution in [2.75, 3.05) is 16.8 Å². The van der Waals surface area contributed by atoms with E-state index >= 15 is 0 Å². The van der Waals surface area contributed by atoms with Gasteiger partial charge in [0.1, 0.15) is 0 Å². The van der Waals surface area contributed by atoms with Crippen molar-refractivity contribution in [2.24, 2.45) is 0 Å². The van der Waals surface area contributed by atoms with Gasteiger partial charge in [-0.3, -0.25) is 4.79 Å². The molecule has 0 saturated carbocycles. The molecule has 1 unspecified atom stereocenters. The maximum absolute atomic E-state index is 12.2. The second kappa shape index (κ2) is 7.20. The van der Waals surface area contributed by atoms with Crippen molar-refractivity contribution < 1.29 is 13.2 Å². The first-order valence-electron chi connectivity index (χ1n) is 8.10. The quantitative estimate of drug-likeness (QED) is 0.825. The maximum atomic E-state index is 12.2. The molecule has 7 nitrogen and oxygen atoms in total. The number of halogens is 1. The number of benzene rings is 1. The van der Waals surface area contributed by atoms with Gasteiger partial charge in [0.2, 0.25) is 5.95 Å². The Balaban J connectivity index is 1.68. The molecule has 1 saturated heterocycles. The highest BCUT2D eigenvalue weighted by atomic mass is 35.5. The first-order chi connectivity index (χ1) is 12.2. The average molecular weight is 395 g/mol. The molecule has 1 amide bonds. The lowest BCUT2D eigenvalue weighted by molar-refractivity contribution is 0.0940.